The number of nitrogens with two attached hydrogens (primary N) is 1. The van der Waals surface area contributed by atoms with E-state index in [1.165, 1.54) is 11.3 Å². The highest BCUT2D eigenvalue weighted by atomic mass is 35.5. The molecule has 1 atom stereocenters. The predicted molar refractivity (Wildman–Crippen MR) is 99.6 cm³/mol. The lowest BCUT2D eigenvalue weighted by molar-refractivity contribution is -0.122. The van der Waals surface area contributed by atoms with Crippen molar-refractivity contribution in [3.63, 3.8) is 0 Å². The lowest BCUT2D eigenvalue weighted by atomic mass is 9.95. The minimum absolute atomic E-state index is 0.0473. The first kappa shape index (κ1) is 17.7. The van der Waals surface area contributed by atoms with Crippen LogP contribution in [0.2, 0.25) is 10.0 Å². The van der Waals surface area contributed by atoms with Crippen molar-refractivity contribution in [1.82, 2.24) is 10.3 Å². The molecule has 1 heterocycles. The van der Waals surface area contributed by atoms with E-state index in [9.17, 15) is 4.79 Å². The van der Waals surface area contributed by atoms with E-state index in [4.69, 9.17) is 28.9 Å². The van der Waals surface area contributed by atoms with Crippen LogP contribution in [0.25, 0.3) is 10.6 Å². The molecule has 0 spiro atoms. The molecule has 0 aliphatic heterocycles. The van der Waals surface area contributed by atoms with E-state index in [2.05, 4.69) is 10.3 Å². The maximum absolute atomic E-state index is 12.3. The number of thiazole rings is 1. The third-order valence-corrected chi connectivity index (χ3v) is 5.85. The molecule has 1 unspecified atom stereocenters. The Morgan fingerprint density at radius 2 is 2.21 bits per heavy atom. The topological polar surface area (TPSA) is 68.0 Å². The number of hydrogen-bond acceptors (Lipinski definition) is 4. The van der Waals surface area contributed by atoms with Gasteiger partial charge in [-0.2, -0.15) is 0 Å². The van der Waals surface area contributed by atoms with Crippen molar-refractivity contribution in [2.45, 2.75) is 31.7 Å². The minimum Gasteiger partial charge on any atom is -0.349 e. The Kier molecular flexibility index (Phi) is 5.16. The molecule has 1 amide bonds. The lowest BCUT2D eigenvalue weighted by Gasteiger charge is -2.29. The van der Waals surface area contributed by atoms with Crippen molar-refractivity contribution in [3.05, 3.63) is 39.3 Å². The SMILES string of the molecule is CC(CN)(NC(=O)Cc1csc(-c2ccc(Cl)cc2Cl)n1)C1CC1. The highest BCUT2D eigenvalue weighted by Gasteiger charge is 2.41. The van der Waals surface area contributed by atoms with Gasteiger partial charge in [-0.1, -0.05) is 23.2 Å². The summed E-state index contributed by atoms with van der Waals surface area (Å²) in [4.78, 5) is 16.9. The standard InChI is InChI=1S/C17H19Cl2N3OS/c1-17(9-20,10-2-3-10)22-15(23)7-12-8-24-16(21-12)13-5-4-11(18)6-14(13)19/h4-6,8,10H,2-3,7,9,20H2,1H3,(H,22,23). The summed E-state index contributed by atoms with van der Waals surface area (Å²) in [6.07, 6.45) is 2.50. The van der Waals surface area contributed by atoms with Gasteiger partial charge >= 0.3 is 0 Å². The van der Waals surface area contributed by atoms with E-state index < -0.39 is 0 Å². The summed E-state index contributed by atoms with van der Waals surface area (Å²) in [5, 5.41) is 6.88. The quantitative estimate of drug-likeness (QED) is 0.794. The smallest absolute Gasteiger partial charge is 0.226 e. The third-order valence-electron chi connectivity index (χ3n) is 4.38. The zero-order valence-electron chi connectivity index (χ0n) is 13.3. The number of halogens is 2. The van der Waals surface area contributed by atoms with E-state index in [-0.39, 0.29) is 17.9 Å². The number of carbonyl (C=O) groups excluding carboxylic acids is 1. The van der Waals surface area contributed by atoms with Gasteiger partial charge in [0.25, 0.3) is 0 Å². The first-order valence-corrected chi connectivity index (χ1v) is 9.46. The molecular weight excluding hydrogens is 365 g/mol. The van der Waals surface area contributed by atoms with Crippen LogP contribution in [0.3, 0.4) is 0 Å². The van der Waals surface area contributed by atoms with Gasteiger partial charge in [0, 0.05) is 22.5 Å². The van der Waals surface area contributed by atoms with Crippen LogP contribution in [0, 0.1) is 5.92 Å². The van der Waals surface area contributed by atoms with Crippen molar-refractivity contribution in [1.29, 1.82) is 0 Å². The average molecular weight is 384 g/mol. The molecule has 0 bridgehead atoms. The first-order valence-electron chi connectivity index (χ1n) is 7.82. The maximum atomic E-state index is 12.3. The largest absolute Gasteiger partial charge is 0.349 e. The Balaban J connectivity index is 1.68. The molecule has 1 aliphatic carbocycles. The van der Waals surface area contributed by atoms with Gasteiger partial charge in [0.2, 0.25) is 5.91 Å². The molecule has 24 heavy (non-hydrogen) atoms. The molecule has 7 heteroatoms. The van der Waals surface area contributed by atoms with Crippen molar-refractivity contribution >= 4 is 40.4 Å². The van der Waals surface area contributed by atoms with Crippen molar-refractivity contribution in [2.75, 3.05) is 6.54 Å². The van der Waals surface area contributed by atoms with E-state index in [1.807, 2.05) is 18.4 Å². The highest BCUT2D eigenvalue weighted by Crippen LogP contribution is 2.39. The second kappa shape index (κ2) is 7.00. The molecule has 1 aliphatic rings. The van der Waals surface area contributed by atoms with E-state index >= 15 is 0 Å². The Labute approximate surface area is 155 Å². The molecule has 1 fully saturated rings. The van der Waals surface area contributed by atoms with Crippen LogP contribution in [-0.4, -0.2) is 23.0 Å². The fourth-order valence-corrected chi connectivity index (χ4v) is 4.15. The maximum Gasteiger partial charge on any atom is 0.226 e. The van der Waals surface area contributed by atoms with Gasteiger partial charge in [-0.3, -0.25) is 4.79 Å². The number of benzene rings is 1. The number of nitrogens with one attached hydrogen (secondary N) is 1. The van der Waals surface area contributed by atoms with Crippen LogP contribution in [0.5, 0.6) is 0 Å². The van der Waals surface area contributed by atoms with Crippen molar-refractivity contribution in [2.24, 2.45) is 11.7 Å². The molecule has 3 N–H and O–H groups in total. The number of carbonyl (C=O) groups is 1. The summed E-state index contributed by atoms with van der Waals surface area (Å²) >= 11 is 13.6. The second-order valence-electron chi connectivity index (χ2n) is 6.39. The minimum atomic E-state index is -0.310. The molecule has 4 nitrogen and oxygen atoms in total. The van der Waals surface area contributed by atoms with Crippen LogP contribution < -0.4 is 11.1 Å². The molecule has 2 aromatic rings. The molecule has 0 radical (unpaired) electrons. The fourth-order valence-electron chi connectivity index (χ4n) is 2.74. The van der Waals surface area contributed by atoms with E-state index in [1.54, 1.807) is 12.1 Å². The lowest BCUT2D eigenvalue weighted by Crippen LogP contribution is -2.53. The van der Waals surface area contributed by atoms with Gasteiger partial charge in [0.1, 0.15) is 5.01 Å². The zero-order valence-corrected chi connectivity index (χ0v) is 15.6. The summed E-state index contributed by atoms with van der Waals surface area (Å²) < 4.78 is 0. The van der Waals surface area contributed by atoms with Crippen LogP contribution in [0.1, 0.15) is 25.5 Å². The number of rotatable bonds is 6. The fraction of sp³-hybridized carbons (Fsp3) is 0.412. The van der Waals surface area contributed by atoms with Crippen LogP contribution in [-0.2, 0) is 11.2 Å². The van der Waals surface area contributed by atoms with Crippen LogP contribution in [0.4, 0.5) is 0 Å². The number of amides is 1. The van der Waals surface area contributed by atoms with Gasteiger partial charge < -0.3 is 11.1 Å². The van der Waals surface area contributed by atoms with Crippen LogP contribution >= 0.6 is 34.5 Å². The molecular formula is C17H19Cl2N3OS. The molecule has 0 saturated heterocycles. The number of nitrogens with zero attached hydrogens (tertiary/aromatic N) is 1. The van der Waals surface area contributed by atoms with Gasteiger partial charge in [-0.15, -0.1) is 11.3 Å². The molecule has 1 aromatic heterocycles. The van der Waals surface area contributed by atoms with Gasteiger partial charge in [-0.25, -0.2) is 4.98 Å². The van der Waals surface area contributed by atoms with Crippen molar-refractivity contribution < 1.29 is 4.79 Å². The van der Waals surface area contributed by atoms with Gasteiger partial charge in [0.05, 0.1) is 22.7 Å². The summed E-state index contributed by atoms with van der Waals surface area (Å²) in [7, 11) is 0. The number of aromatic nitrogens is 1. The summed E-state index contributed by atoms with van der Waals surface area (Å²) in [5.41, 5.74) is 7.09. The monoisotopic (exact) mass is 383 g/mol. The highest BCUT2D eigenvalue weighted by molar-refractivity contribution is 7.13. The summed E-state index contributed by atoms with van der Waals surface area (Å²) in [6.45, 7) is 2.47. The average Bonchev–Trinajstić information content (AvgIpc) is 3.29. The van der Waals surface area contributed by atoms with Gasteiger partial charge in [-0.05, 0) is 43.9 Å². The Morgan fingerprint density at radius 3 is 2.83 bits per heavy atom. The second-order valence-corrected chi connectivity index (χ2v) is 8.09. The van der Waals surface area contributed by atoms with E-state index in [0.717, 1.165) is 29.1 Å². The molecule has 128 valence electrons. The third kappa shape index (κ3) is 3.91. The van der Waals surface area contributed by atoms with E-state index in [0.29, 0.717) is 22.5 Å². The summed E-state index contributed by atoms with van der Waals surface area (Å²) in [5.74, 6) is 0.444. The number of hydrogen-bond donors (Lipinski definition) is 2. The summed E-state index contributed by atoms with van der Waals surface area (Å²) in [6, 6.07) is 5.30. The molecule has 1 aromatic carbocycles. The zero-order chi connectivity index (χ0) is 17.3. The predicted octanol–water partition coefficient (Wildman–Crippen LogP) is 3.90. The molecule has 3 rings (SSSR count). The first-order chi connectivity index (χ1) is 11.4. The van der Waals surface area contributed by atoms with Crippen LogP contribution in [0.15, 0.2) is 23.6 Å². The molecule has 1 saturated carbocycles. The van der Waals surface area contributed by atoms with Gasteiger partial charge in [0.15, 0.2) is 0 Å². The normalized spacial score (nSPS) is 16.7. The Morgan fingerprint density at radius 1 is 1.46 bits per heavy atom. The Hall–Kier alpha value is -1.14. The van der Waals surface area contributed by atoms with Crippen molar-refractivity contribution in [3.8, 4) is 10.6 Å². The Bertz CT molecular complexity index is 760.